The topological polar surface area (TPSA) is 44.5 Å². The predicted molar refractivity (Wildman–Crippen MR) is 73.0 cm³/mol. The highest BCUT2D eigenvalue weighted by Gasteiger charge is 2.09. The lowest BCUT2D eigenvalue weighted by atomic mass is 10.1. The third kappa shape index (κ3) is 4.68. The average molecular weight is 271 g/mol. The molecular weight excluding hydrogens is 253 g/mol. The van der Waals surface area contributed by atoms with Crippen LogP contribution in [-0.2, 0) is 16.1 Å². The summed E-state index contributed by atoms with van der Waals surface area (Å²) >= 11 is 4.77. The van der Waals surface area contributed by atoms with Crippen LogP contribution in [0.2, 0.25) is 0 Å². The minimum atomic E-state index is -0.408. The van der Waals surface area contributed by atoms with Crippen molar-refractivity contribution in [2.24, 2.45) is 5.73 Å². The van der Waals surface area contributed by atoms with Gasteiger partial charge in [0.15, 0.2) is 0 Å². The first-order valence-electron chi connectivity index (χ1n) is 5.79. The molecule has 0 aliphatic rings. The highest BCUT2D eigenvalue weighted by atomic mass is 32.1. The van der Waals surface area contributed by atoms with Crippen LogP contribution in [0, 0.1) is 5.82 Å². The molecule has 0 radical (unpaired) electrons. The summed E-state index contributed by atoms with van der Waals surface area (Å²) in [7, 11) is 0. The zero-order valence-electron chi connectivity index (χ0n) is 10.6. The molecular formula is C13H18FNO2S. The molecule has 0 aliphatic carbocycles. The van der Waals surface area contributed by atoms with Gasteiger partial charge in [0.05, 0.1) is 25.9 Å². The molecule has 0 saturated heterocycles. The van der Waals surface area contributed by atoms with Gasteiger partial charge in [-0.2, -0.15) is 0 Å². The Morgan fingerprint density at radius 1 is 1.39 bits per heavy atom. The maximum Gasteiger partial charge on any atom is 0.138 e. The van der Waals surface area contributed by atoms with Crippen molar-refractivity contribution in [2.75, 3.05) is 13.2 Å². The standard InChI is InChI=1S/C13H18FNO2S/c1-9(2)17-7-6-16-8-10-4-3-5-11(12(10)14)13(15)18/h3-5,9H,6-8H2,1-2H3,(H2,15,18). The van der Waals surface area contributed by atoms with Gasteiger partial charge in [-0.25, -0.2) is 4.39 Å². The number of ether oxygens (including phenoxy) is 2. The van der Waals surface area contributed by atoms with Gasteiger partial charge in [-0.15, -0.1) is 0 Å². The summed E-state index contributed by atoms with van der Waals surface area (Å²) in [5.74, 6) is -0.408. The summed E-state index contributed by atoms with van der Waals surface area (Å²) in [6.07, 6.45) is 0.170. The van der Waals surface area contributed by atoms with Gasteiger partial charge in [0.25, 0.3) is 0 Å². The van der Waals surface area contributed by atoms with E-state index in [-0.39, 0.29) is 23.3 Å². The first kappa shape index (κ1) is 15.0. The molecule has 0 atom stereocenters. The van der Waals surface area contributed by atoms with Crippen LogP contribution < -0.4 is 5.73 Å². The molecule has 5 heteroatoms. The van der Waals surface area contributed by atoms with Crippen molar-refractivity contribution in [3.8, 4) is 0 Å². The van der Waals surface area contributed by atoms with E-state index < -0.39 is 5.82 Å². The molecule has 0 bridgehead atoms. The lowest BCUT2D eigenvalue weighted by molar-refractivity contribution is 0.0137. The third-order valence-corrected chi connectivity index (χ3v) is 2.50. The predicted octanol–water partition coefficient (Wildman–Crippen LogP) is 2.40. The maximum absolute atomic E-state index is 13.9. The van der Waals surface area contributed by atoms with E-state index in [4.69, 9.17) is 27.4 Å². The van der Waals surface area contributed by atoms with E-state index in [0.717, 1.165) is 0 Å². The number of nitrogens with two attached hydrogens (primary N) is 1. The van der Waals surface area contributed by atoms with Crippen LogP contribution in [0.5, 0.6) is 0 Å². The number of rotatable bonds is 7. The fourth-order valence-electron chi connectivity index (χ4n) is 1.41. The first-order valence-corrected chi connectivity index (χ1v) is 6.19. The highest BCUT2D eigenvalue weighted by molar-refractivity contribution is 7.80. The molecule has 3 nitrogen and oxygen atoms in total. The molecule has 0 unspecified atom stereocenters. The molecule has 0 heterocycles. The summed E-state index contributed by atoms with van der Waals surface area (Å²) in [5.41, 5.74) is 6.13. The van der Waals surface area contributed by atoms with Crippen LogP contribution >= 0.6 is 12.2 Å². The van der Waals surface area contributed by atoms with Crippen molar-refractivity contribution in [3.63, 3.8) is 0 Å². The van der Waals surface area contributed by atoms with Gasteiger partial charge in [0, 0.05) is 11.1 Å². The zero-order valence-corrected chi connectivity index (χ0v) is 11.4. The monoisotopic (exact) mass is 271 g/mol. The van der Waals surface area contributed by atoms with Gasteiger partial charge >= 0.3 is 0 Å². The van der Waals surface area contributed by atoms with Crippen LogP contribution in [0.1, 0.15) is 25.0 Å². The Labute approximate surface area is 112 Å². The molecule has 0 amide bonds. The summed E-state index contributed by atoms with van der Waals surface area (Å²) in [4.78, 5) is 0.0532. The van der Waals surface area contributed by atoms with E-state index in [1.165, 1.54) is 0 Å². The second kappa shape index (κ2) is 7.41. The highest BCUT2D eigenvalue weighted by Crippen LogP contribution is 2.13. The Morgan fingerprint density at radius 2 is 2.11 bits per heavy atom. The van der Waals surface area contributed by atoms with Crippen molar-refractivity contribution in [3.05, 3.63) is 35.1 Å². The van der Waals surface area contributed by atoms with Crippen molar-refractivity contribution >= 4 is 17.2 Å². The van der Waals surface area contributed by atoms with Crippen molar-refractivity contribution in [1.29, 1.82) is 0 Å². The molecule has 1 aromatic rings. The molecule has 0 saturated carbocycles. The van der Waals surface area contributed by atoms with E-state index >= 15 is 0 Å². The molecule has 0 spiro atoms. The largest absolute Gasteiger partial charge is 0.389 e. The maximum atomic E-state index is 13.9. The van der Waals surface area contributed by atoms with Crippen LogP contribution in [0.4, 0.5) is 4.39 Å². The van der Waals surface area contributed by atoms with Crippen LogP contribution in [0.3, 0.4) is 0 Å². The van der Waals surface area contributed by atoms with Gasteiger partial charge in [-0.3, -0.25) is 0 Å². The molecule has 1 aromatic carbocycles. The summed E-state index contributed by atoms with van der Waals surface area (Å²) < 4.78 is 24.5. The average Bonchev–Trinajstić information content (AvgIpc) is 2.30. The molecule has 100 valence electrons. The van der Waals surface area contributed by atoms with E-state index in [1.54, 1.807) is 18.2 Å². The second-order valence-corrected chi connectivity index (χ2v) is 4.55. The van der Waals surface area contributed by atoms with E-state index in [2.05, 4.69) is 0 Å². The van der Waals surface area contributed by atoms with Gasteiger partial charge < -0.3 is 15.2 Å². The molecule has 1 rings (SSSR count). The summed E-state index contributed by atoms with van der Waals surface area (Å²) in [6.45, 7) is 5.00. The van der Waals surface area contributed by atoms with Crippen molar-refractivity contribution < 1.29 is 13.9 Å². The summed E-state index contributed by atoms with van der Waals surface area (Å²) in [6, 6.07) is 4.92. The van der Waals surface area contributed by atoms with Crippen molar-refractivity contribution in [2.45, 2.75) is 26.6 Å². The summed E-state index contributed by atoms with van der Waals surface area (Å²) in [5, 5.41) is 0. The Hall–Kier alpha value is -1.04. The van der Waals surface area contributed by atoms with Crippen LogP contribution in [0.25, 0.3) is 0 Å². The number of hydrogen-bond acceptors (Lipinski definition) is 3. The molecule has 2 N–H and O–H groups in total. The SMILES string of the molecule is CC(C)OCCOCc1cccc(C(N)=S)c1F. The quantitative estimate of drug-likeness (QED) is 0.611. The molecule has 18 heavy (non-hydrogen) atoms. The van der Waals surface area contributed by atoms with Gasteiger partial charge in [-0.05, 0) is 19.9 Å². The second-order valence-electron chi connectivity index (χ2n) is 4.12. The number of halogens is 1. The molecule has 0 aliphatic heterocycles. The Kier molecular flexibility index (Phi) is 6.18. The van der Waals surface area contributed by atoms with Gasteiger partial charge in [-0.1, -0.05) is 24.4 Å². The zero-order chi connectivity index (χ0) is 13.5. The number of thiocarbonyl (C=S) groups is 1. The Morgan fingerprint density at radius 3 is 2.72 bits per heavy atom. The minimum Gasteiger partial charge on any atom is -0.389 e. The first-order chi connectivity index (χ1) is 8.52. The van der Waals surface area contributed by atoms with Crippen LogP contribution in [0.15, 0.2) is 18.2 Å². The number of benzene rings is 1. The fourth-order valence-corrected chi connectivity index (χ4v) is 1.56. The lowest BCUT2D eigenvalue weighted by Gasteiger charge is -2.10. The number of hydrogen-bond donors (Lipinski definition) is 1. The molecule has 0 aromatic heterocycles. The smallest absolute Gasteiger partial charge is 0.138 e. The van der Waals surface area contributed by atoms with E-state index in [1.807, 2.05) is 13.8 Å². The Balaban J connectivity index is 2.48. The lowest BCUT2D eigenvalue weighted by Crippen LogP contribution is -2.14. The fraction of sp³-hybridized carbons (Fsp3) is 0.462. The van der Waals surface area contributed by atoms with Crippen molar-refractivity contribution in [1.82, 2.24) is 0 Å². The van der Waals surface area contributed by atoms with E-state index in [0.29, 0.717) is 18.8 Å². The minimum absolute atomic E-state index is 0.0532. The normalized spacial score (nSPS) is 10.9. The Bertz CT molecular complexity index is 410. The third-order valence-electron chi connectivity index (χ3n) is 2.28. The van der Waals surface area contributed by atoms with Gasteiger partial charge in [0.2, 0.25) is 0 Å². The van der Waals surface area contributed by atoms with Crippen LogP contribution in [-0.4, -0.2) is 24.3 Å². The molecule has 0 fully saturated rings. The van der Waals surface area contributed by atoms with E-state index in [9.17, 15) is 4.39 Å². The van der Waals surface area contributed by atoms with Gasteiger partial charge in [0.1, 0.15) is 10.8 Å².